The van der Waals surface area contributed by atoms with Crippen LogP contribution in [0.25, 0.3) is 20.7 Å². The van der Waals surface area contributed by atoms with Gasteiger partial charge in [0.15, 0.2) is 9.84 Å². The van der Waals surface area contributed by atoms with E-state index in [0.29, 0.717) is 30.0 Å². The Morgan fingerprint density at radius 1 is 1.12 bits per heavy atom. The molecule has 16 heteroatoms. The van der Waals surface area contributed by atoms with Crippen LogP contribution in [-0.2, 0) is 27.6 Å². The molecule has 0 unspecified atom stereocenters. The number of nitrogens with two attached hydrogens (primary N) is 1. The lowest BCUT2D eigenvalue weighted by Crippen LogP contribution is -2.36. The monoisotopic (exact) mass is 622 g/mol. The summed E-state index contributed by atoms with van der Waals surface area (Å²) >= 11 is 2.38. The number of hydrogen-bond donors (Lipinski definition) is 3. The number of carbonyl (C=O) groups excluding carboxylic acids is 2. The molecule has 6 rings (SSSR count). The molecule has 0 aliphatic carbocycles. The Balaban J connectivity index is 1.18. The molecular formula is C26H22N8O5S3. The molecule has 1 atom stereocenters. The first kappa shape index (κ1) is 27.6. The summed E-state index contributed by atoms with van der Waals surface area (Å²) in [7, 11) is -3.55. The third-order valence-electron chi connectivity index (χ3n) is 6.62. The number of hydrogen-bond acceptors (Lipinski definition) is 12. The number of anilines is 2. The number of nitrogen functional groups attached to an aromatic ring is 1. The largest absolute Gasteiger partial charge is 0.384 e. The molecule has 0 spiro atoms. The Kier molecular flexibility index (Phi) is 7.04. The molecule has 0 radical (unpaired) electrons. The van der Waals surface area contributed by atoms with Crippen LogP contribution >= 0.6 is 22.7 Å². The predicted octanol–water partition coefficient (Wildman–Crippen LogP) is 2.41. The van der Waals surface area contributed by atoms with Gasteiger partial charge in [-0.3, -0.25) is 19.0 Å². The van der Waals surface area contributed by atoms with Crippen LogP contribution < -0.4 is 21.9 Å². The molecule has 2 amide bonds. The van der Waals surface area contributed by atoms with E-state index in [-0.39, 0.29) is 33.1 Å². The van der Waals surface area contributed by atoms with Gasteiger partial charge in [-0.15, -0.1) is 21.5 Å². The highest BCUT2D eigenvalue weighted by atomic mass is 32.2. The fraction of sp³-hybridized carbons (Fsp3) is 0.192. The normalized spacial score (nSPS) is 14.5. The second-order valence-electron chi connectivity index (χ2n) is 9.53. The van der Waals surface area contributed by atoms with E-state index < -0.39 is 27.3 Å². The predicted molar refractivity (Wildman–Crippen MR) is 158 cm³/mol. The number of thiophene rings is 1. The summed E-state index contributed by atoms with van der Waals surface area (Å²) in [5.74, 6) is -0.193. The zero-order chi connectivity index (χ0) is 29.6. The molecule has 4 aromatic heterocycles. The summed E-state index contributed by atoms with van der Waals surface area (Å²) in [5.41, 5.74) is 5.39. The Morgan fingerprint density at radius 3 is 2.74 bits per heavy atom. The Bertz CT molecular complexity index is 2050. The summed E-state index contributed by atoms with van der Waals surface area (Å²) in [6, 6.07) is 9.19. The van der Waals surface area contributed by atoms with E-state index in [4.69, 9.17) is 5.73 Å². The number of amides is 2. The van der Waals surface area contributed by atoms with Crippen LogP contribution in [0.4, 0.5) is 11.5 Å². The van der Waals surface area contributed by atoms with Gasteiger partial charge in [0.25, 0.3) is 11.5 Å². The molecule has 0 saturated heterocycles. The number of fused-ring (bicyclic) bond motifs is 2. The van der Waals surface area contributed by atoms with Crippen molar-refractivity contribution in [2.45, 2.75) is 30.3 Å². The molecule has 42 heavy (non-hydrogen) atoms. The van der Waals surface area contributed by atoms with Crippen molar-refractivity contribution in [1.29, 1.82) is 0 Å². The number of benzene rings is 1. The van der Waals surface area contributed by atoms with Gasteiger partial charge >= 0.3 is 0 Å². The summed E-state index contributed by atoms with van der Waals surface area (Å²) in [6.45, 7) is 0.268. The van der Waals surface area contributed by atoms with Gasteiger partial charge in [0.1, 0.15) is 28.4 Å². The van der Waals surface area contributed by atoms with Crippen molar-refractivity contribution in [2.75, 3.05) is 17.3 Å². The molecule has 13 nitrogen and oxygen atoms in total. The molecule has 214 valence electrons. The maximum Gasteiger partial charge on any atom is 0.286 e. The molecule has 1 aromatic carbocycles. The lowest BCUT2D eigenvalue weighted by atomic mass is 10.2. The minimum Gasteiger partial charge on any atom is -0.384 e. The van der Waals surface area contributed by atoms with E-state index >= 15 is 0 Å². The summed E-state index contributed by atoms with van der Waals surface area (Å²) < 4.78 is 26.6. The van der Waals surface area contributed by atoms with Gasteiger partial charge in [-0.2, -0.15) is 0 Å². The lowest BCUT2D eigenvalue weighted by molar-refractivity contribution is -0.124. The first-order chi connectivity index (χ1) is 20.1. The second kappa shape index (κ2) is 10.7. The van der Waals surface area contributed by atoms with Gasteiger partial charge in [0.2, 0.25) is 10.9 Å². The molecule has 1 aliphatic rings. The van der Waals surface area contributed by atoms with Gasteiger partial charge in [-0.25, -0.2) is 18.4 Å². The quantitative estimate of drug-likeness (QED) is 0.243. The van der Waals surface area contributed by atoms with E-state index in [1.54, 1.807) is 30.5 Å². The number of carbonyl (C=O) groups is 2. The van der Waals surface area contributed by atoms with Crippen molar-refractivity contribution in [3.8, 4) is 10.6 Å². The number of sulfone groups is 1. The SMILES string of the molecule is CS(=O)(=O)c1ccccc1-c1nnc(C(=O)Nc2cnc3n(c2=O)[C@H](C(=O)NCc2cc4cnc(N)cc4s2)CC3)s1. The summed E-state index contributed by atoms with van der Waals surface area (Å²) in [6.07, 6.45) is 4.83. The first-order valence-corrected chi connectivity index (χ1v) is 16.1. The molecule has 1 aliphatic heterocycles. The third-order valence-corrected chi connectivity index (χ3v) is 9.83. The number of aryl methyl sites for hydroxylation is 1. The Morgan fingerprint density at radius 2 is 1.93 bits per heavy atom. The van der Waals surface area contributed by atoms with E-state index in [2.05, 4.69) is 30.8 Å². The molecule has 4 N–H and O–H groups in total. The van der Waals surface area contributed by atoms with E-state index in [0.717, 1.165) is 32.6 Å². The maximum absolute atomic E-state index is 13.4. The minimum absolute atomic E-state index is 0.0625. The highest BCUT2D eigenvalue weighted by Gasteiger charge is 2.31. The summed E-state index contributed by atoms with van der Waals surface area (Å²) in [4.78, 5) is 48.8. The van der Waals surface area contributed by atoms with E-state index in [9.17, 15) is 22.8 Å². The smallest absolute Gasteiger partial charge is 0.286 e. The van der Waals surface area contributed by atoms with Gasteiger partial charge in [0, 0.05) is 39.4 Å². The highest BCUT2D eigenvalue weighted by Crippen LogP contribution is 2.30. The fourth-order valence-electron chi connectivity index (χ4n) is 4.69. The van der Waals surface area contributed by atoms with Crippen LogP contribution in [-0.4, -0.2) is 51.2 Å². The van der Waals surface area contributed by atoms with E-state index in [1.165, 1.54) is 28.2 Å². The standard InChI is InChI=1S/C26H22N8O5S3/c1-42(38,39)19-5-3-2-4-15(19)24-32-33-25(41-24)23(36)31-16-12-29-21-7-6-17(34(21)26(16)37)22(35)30-11-14-8-13-10-28-20(27)9-18(13)40-14/h2-5,8-10,12,17H,6-7,11H2,1H3,(H2,27,28)(H,30,35)(H,31,36)/t17-/m0/s1. The third kappa shape index (κ3) is 5.26. The highest BCUT2D eigenvalue weighted by molar-refractivity contribution is 7.90. The number of nitrogens with zero attached hydrogens (tertiary/aromatic N) is 5. The number of pyridine rings is 1. The molecular weight excluding hydrogens is 601 g/mol. The van der Waals surface area contributed by atoms with Crippen molar-refractivity contribution >= 4 is 65.9 Å². The zero-order valence-electron chi connectivity index (χ0n) is 21.9. The van der Waals surface area contributed by atoms with Crippen LogP contribution in [0.5, 0.6) is 0 Å². The van der Waals surface area contributed by atoms with Crippen LogP contribution in [0.3, 0.4) is 0 Å². The average Bonchev–Trinajstić information content (AvgIpc) is 3.71. The van der Waals surface area contributed by atoms with Gasteiger partial charge in [-0.1, -0.05) is 29.5 Å². The first-order valence-electron chi connectivity index (χ1n) is 12.5. The topological polar surface area (TPSA) is 192 Å². The van der Waals surface area contributed by atoms with Crippen LogP contribution in [0.1, 0.15) is 33.0 Å². The molecule has 5 aromatic rings. The molecule has 5 heterocycles. The van der Waals surface area contributed by atoms with Crippen LogP contribution in [0, 0.1) is 0 Å². The number of rotatable bonds is 7. The number of nitrogens with one attached hydrogen (secondary N) is 2. The molecule has 0 saturated carbocycles. The zero-order valence-corrected chi connectivity index (χ0v) is 24.3. The number of aromatic nitrogens is 5. The minimum atomic E-state index is -3.55. The Hall–Kier alpha value is -4.54. The van der Waals surface area contributed by atoms with Gasteiger partial charge in [-0.05, 0) is 24.6 Å². The van der Waals surface area contributed by atoms with Crippen molar-refractivity contribution < 1.29 is 18.0 Å². The second-order valence-corrected chi connectivity index (χ2v) is 13.7. The van der Waals surface area contributed by atoms with Crippen molar-refractivity contribution in [3.63, 3.8) is 0 Å². The average molecular weight is 623 g/mol. The maximum atomic E-state index is 13.4. The van der Waals surface area contributed by atoms with Gasteiger partial charge < -0.3 is 16.4 Å². The van der Waals surface area contributed by atoms with Crippen molar-refractivity contribution in [1.82, 2.24) is 30.0 Å². The van der Waals surface area contributed by atoms with Crippen molar-refractivity contribution in [3.05, 3.63) is 74.9 Å². The fourth-order valence-corrected chi connectivity index (χ4v) is 7.44. The molecule has 0 fully saturated rings. The summed E-state index contributed by atoms with van der Waals surface area (Å²) in [5, 5.41) is 14.4. The van der Waals surface area contributed by atoms with Gasteiger partial charge in [0.05, 0.1) is 17.6 Å². The Labute approximate surface area is 246 Å². The van der Waals surface area contributed by atoms with Crippen LogP contribution in [0.15, 0.2) is 58.5 Å². The van der Waals surface area contributed by atoms with E-state index in [1.807, 2.05) is 6.07 Å². The lowest BCUT2D eigenvalue weighted by Gasteiger charge is -2.15. The molecule has 0 bridgehead atoms. The van der Waals surface area contributed by atoms with Crippen LogP contribution in [0.2, 0.25) is 0 Å². The van der Waals surface area contributed by atoms with Crippen molar-refractivity contribution in [2.24, 2.45) is 0 Å².